The van der Waals surface area contributed by atoms with Crippen molar-refractivity contribution in [3.63, 3.8) is 0 Å². The van der Waals surface area contributed by atoms with E-state index >= 15 is 0 Å². The molecule has 3 rings (SSSR count). The summed E-state index contributed by atoms with van der Waals surface area (Å²) in [6.07, 6.45) is 3.65. The number of fused-ring (bicyclic) bond motifs is 1. The minimum absolute atomic E-state index is 0.0518. The fourth-order valence-electron chi connectivity index (χ4n) is 3.29. The van der Waals surface area contributed by atoms with Gasteiger partial charge in [0.1, 0.15) is 5.75 Å². The maximum absolute atomic E-state index is 12.6. The number of hydrogen-bond acceptors (Lipinski definition) is 5. The zero-order valence-electron chi connectivity index (χ0n) is 13.7. The molecule has 0 saturated carbocycles. The van der Waals surface area contributed by atoms with E-state index in [2.05, 4.69) is 5.32 Å². The van der Waals surface area contributed by atoms with E-state index in [-0.39, 0.29) is 24.3 Å². The Bertz CT molecular complexity index is 664. The fraction of sp³-hybridized carbons (Fsp3) is 0.389. The Hall–Kier alpha value is -2.31. The molecule has 0 fully saturated rings. The van der Waals surface area contributed by atoms with Crippen LogP contribution in [0, 0.1) is 11.8 Å². The molecule has 6 heteroatoms. The zero-order chi connectivity index (χ0) is 17.1. The summed E-state index contributed by atoms with van der Waals surface area (Å²) in [4.78, 5) is 12.6. The summed E-state index contributed by atoms with van der Waals surface area (Å²) in [5, 5.41) is 12.4. The van der Waals surface area contributed by atoms with Gasteiger partial charge in [0.2, 0.25) is 6.29 Å². The number of carbonyl (C=O) groups excluding carboxylic acids is 1. The molecule has 2 aliphatic rings. The number of allylic oxidation sites excluding steroid dienone is 1. The van der Waals surface area contributed by atoms with Crippen molar-refractivity contribution in [1.29, 1.82) is 0 Å². The number of carbonyl (C=O) groups is 1. The van der Waals surface area contributed by atoms with Gasteiger partial charge in [-0.2, -0.15) is 0 Å². The normalized spacial score (nSPS) is 25.2. The van der Waals surface area contributed by atoms with Gasteiger partial charge in [-0.25, -0.2) is 0 Å². The van der Waals surface area contributed by atoms with Crippen molar-refractivity contribution in [2.75, 3.05) is 26.1 Å². The second-order valence-electron chi connectivity index (χ2n) is 5.80. The molecule has 2 N–H and O–H groups in total. The summed E-state index contributed by atoms with van der Waals surface area (Å²) in [6, 6.07) is 7.13. The minimum Gasteiger partial charge on any atom is -0.497 e. The van der Waals surface area contributed by atoms with E-state index < -0.39 is 6.29 Å². The maximum atomic E-state index is 12.6. The third kappa shape index (κ3) is 3.02. The highest BCUT2D eigenvalue weighted by molar-refractivity contribution is 6.04. The lowest BCUT2D eigenvalue weighted by molar-refractivity contribution is -0.134. The number of ether oxygens (including phenoxy) is 3. The summed E-state index contributed by atoms with van der Waals surface area (Å²) in [7, 11) is 3.15. The highest BCUT2D eigenvalue weighted by Crippen LogP contribution is 2.43. The van der Waals surface area contributed by atoms with Gasteiger partial charge in [-0.1, -0.05) is 6.08 Å². The molecule has 0 aromatic heterocycles. The Morgan fingerprint density at radius 3 is 2.71 bits per heavy atom. The quantitative estimate of drug-likeness (QED) is 0.808. The van der Waals surface area contributed by atoms with E-state index in [0.29, 0.717) is 17.7 Å². The Morgan fingerprint density at radius 2 is 2.08 bits per heavy atom. The van der Waals surface area contributed by atoms with E-state index in [1.165, 1.54) is 6.26 Å². The van der Waals surface area contributed by atoms with Crippen molar-refractivity contribution < 1.29 is 24.1 Å². The Kier molecular flexibility index (Phi) is 4.87. The topological polar surface area (TPSA) is 77.0 Å². The Labute approximate surface area is 140 Å². The van der Waals surface area contributed by atoms with Gasteiger partial charge in [0.05, 0.1) is 31.5 Å². The zero-order valence-corrected chi connectivity index (χ0v) is 13.7. The Balaban J connectivity index is 1.76. The lowest BCUT2D eigenvalue weighted by atomic mass is 9.83. The van der Waals surface area contributed by atoms with Crippen LogP contribution in [0.3, 0.4) is 0 Å². The average Bonchev–Trinajstić information content (AvgIpc) is 3.05. The summed E-state index contributed by atoms with van der Waals surface area (Å²) >= 11 is 0. The first-order valence-corrected chi connectivity index (χ1v) is 7.81. The third-order valence-electron chi connectivity index (χ3n) is 4.54. The van der Waals surface area contributed by atoms with Gasteiger partial charge in [0.15, 0.2) is 0 Å². The van der Waals surface area contributed by atoms with Crippen LogP contribution in [0.25, 0.3) is 0 Å². The number of nitrogens with one attached hydrogen (secondary N) is 1. The first kappa shape index (κ1) is 16.5. The van der Waals surface area contributed by atoms with Crippen LogP contribution in [0.4, 0.5) is 5.69 Å². The van der Waals surface area contributed by atoms with Gasteiger partial charge in [-0.05, 0) is 36.3 Å². The average molecular weight is 331 g/mol. The molecule has 3 atom stereocenters. The van der Waals surface area contributed by atoms with Crippen molar-refractivity contribution in [2.45, 2.75) is 12.7 Å². The van der Waals surface area contributed by atoms with Crippen LogP contribution >= 0.6 is 0 Å². The number of methoxy groups -OCH3 is 2. The van der Waals surface area contributed by atoms with E-state index in [0.717, 1.165) is 11.3 Å². The third-order valence-corrected chi connectivity index (χ3v) is 4.54. The number of anilines is 1. The number of aliphatic hydroxyl groups excluding tert-OH is 1. The van der Waals surface area contributed by atoms with Crippen LogP contribution in [-0.4, -0.2) is 38.1 Å². The van der Waals surface area contributed by atoms with Crippen molar-refractivity contribution in [3.8, 4) is 5.75 Å². The van der Waals surface area contributed by atoms with Gasteiger partial charge < -0.3 is 24.6 Å². The molecular weight excluding hydrogens is 310 g/mol. The molecule has 24 heavy (non-hydrogen) atoms. The predicted molar refractivity (Wildman–Crippen MR) is 88.4 cm³/mol. The number of rotatable bonds is 5. The molecular formula is C18H21NO5. The smallest absolute Gasteiger partial charge is 0.255 e. The van der Waals surface area contributed by atoms with Crippen molar-refractivity contribution in [2.24, 2.45) is 11.8 Å². The van der Waals surface area contributed by atoms with E-state index in [1.807, 2.05) is 6.08 Å². The largest absolute Gasteiger partial charge is 0.497 e. The van der Waals surface area contributed by atoms with Gasteiger partial charge >= 0.3 is 0 Å². The Morgan fingerprint density at radius 1 is 1.33 bits per heavy atom. The first-order valence-electron chi connectivity index (χ1n) is 7.81. The van der Waals surface area contributed by atoms with Crippen molar-refractivity contribution in [1.82, 2.24) is 0 Å². The SMILES string of the molecule is COc1ccc(NC(=O)C2=CO[C@@H](OC)[C@@H]3C(CO)=CC[C@H]23)cc1. The van der Waals surface area contributed by atoms with Gasteiger partial charge in [-0.15, -0.1) is 0 Å². The molecule has 0 unspecified atom stereocenters. The van der Waals surface area contributed by atoms with Gasteiger partial charge in [0.25, 0.3) is 5.91 Å². The number of aliphatic hydroxyl groups is 1. The number of amides is 1. The lowest BCUT2D eigenvalue weighted by Crippen LogP contribution is -2.37. The second-order valence-corrected chi connectivity index (χ2v) is 5.80. The van der Waals surface area contributed by atoms with Crippen molar-refractivity contribution in [3.05, 3.63) is 47.7 Å². The first-order chi connectivity index (χ1) is 11.7. The van der Waals surface area contributed by atoms with Crippen LogP contribution in [0.15, 0.2) is 47.7 Å². The van der Waals surface area contributed by atoms with E-state index in [1.54, 1.807) is 38.5 Å². The van der Waals surface area contributed by atoms with Crippen LogP contribution in [-0.2, 0) is 14.3 Å². The molecule has 1 aliphatic carbocycles. The van der Waals surface area contributed by atoms with Crippen LogP contribution in [0.1, 0.15) is 6.42 Å². The highest BCUT2D eigenvalue weighted by Gasteiger charge is 2.43. The van der Waals surface area contributed by atoms with E-state index in [4.69, 9.17) is 14.2 Å². The van der Waals surface area contributed by atoms with E-state index in [9.17, 15) is 9.90 Å². The predicted octanol–water partition coefficient (Wildman–Crippen LogP) is 2.08. The molecule has 1 amide bonds. The maximum Gasteiger partial charge on any atom is 0.255 e. The fourth-order valence-corrected chi connectivity index (χ4v) is 3.29. The van der Waals surface area contributed by atoms with Gasteiger partial charge in [0, 0.05) is 18.7 Å². The molecule has 1 aliphatic heterocycles. The number of benzene rings is 1. The number of hydrogen-bond donors (Lipinski definition) is 2. The highest BCUT2D eigenvalue weighted by atomic mass is 16.7. The molecule has 0 saturated heterocycles. The molecule has 6 nitrogen and oxygen atoms in total. The van der Waals surface area contributed by atoms with Crippen molar-refractivity contribution >= 4 is 11.6 Å². The van der Waals surface area contributed by atoms with Crippen LogP contribution in [0.5, 0.6) is 5.75 Å². The minimum atomic E-state index is -0.478. The lowest BCUT2D eigenvalue weighted by Gasteiger charge is -2.34. The molecule has 1 heterocycles. The van der Waals surface area contributed by atoms with Crippen LogP contribution < -0.4 is 10.1 Å². The standard InChI is InChI=1S/C18H21NO5/c1-22-13-6-4-12(5-7-13)19-17(21)15-10-24-18(23-2)16-11(9-20)3-8-14(15)16/h3-7,10,14,16,18,20H,8-9H2,1-2H3,(H,19,21)/t14-,16-,18-/m1/s1. The molecule has 128 valence electrons. The summed E-state index contributed by atoms with van der Waals surface area (Å²) in [5.74, 6) is 0.326. The summed E-state index contributed by atoms with van der Waals surface area (Å²) in [6.45, 7) is -0.0578. The molecule has 0 radical (unpaired) electrons. The second kappa shape index (κ2) is 7.07. The molecule has 0 bridgehead atoms. The molecule has 1 aromatic carbocycles. The van der Waals surface area contributed by atoms with Crippen LogP contribution in [0.2, 0.25) is 0 Å². The molecule has 1 aromatic rings. The monoisotopic (exact) mass is 331 g/mol. The van der Waals surface area contributed by atoms with Gasteiger partial charge in [-0.3, -0.25) is 4.79 Å². The summed E-state index contributed by atoms with van der Waals surface area (Å²) in [5.41, 5.74) is 2.10. The molecule has 0 spiro atoms. The summed E-state index contributed by atoms with van der Waals surface area (Å²) < 4.78 is 16.0.